The molecule has 7 heteroatoms. The van der Waals surface area contributed by atoms with Crippen LogP contribution in [0.5, 0.6) is 0 Å². The van der Waals surface area contributed by atoms with Gasteiger partial charge in [-0.25, -0.2) is 4.68 Å². The molecule has 2 aliphatic carbocycles. The summed E-state index contributed by atoms with van der Waals surface area (Å²) in [4.78, 5) is 1.06. The second kappa shape index (κ2) is 5.59. The van der Waals surface area contributed by atoms with E-state index in [0.717, 1.165) is 34.5 Å². The van der Waals surface area contributed by atoms with Crippen molar-refractivity contribution in [2.24, 2.45) is 0 Å². The molecule has 0 saturated heterocycles. The Morgan fingerprint density at radius 3 is 2.90 bits per heavy atom. The van der Waals surface area contributed by atoms with Crippen molar-refractivity contribution in [2.45, 2.75) is 54.4 Å². The Morgan fingerprint density at radius 1 is 1.29 bits per heavy atom. The third-order valence-corrected chi connectivity index (χ3v) is 5.32. The Balaban J connectivity index is 1.58. The van der Waals surface area contributed by atoms with Gasteiger partial charge in [0.15, 0.2) is 0 Å². The molecule has 0 atom stereocenters. The van der Waals surface area contributed by atoms with E-state index in [4.69, 9.17) is 11.6 Å². The van der Waals surface area contributed by atoms with Crippen LogP contribution in [0.1, 0.15) is 37.3 Å². The lowest BCUT2D eigenvalue weighted by Crippen LogP contribution is -2.15. The average Bonchev–Trinajstić information content (AvgIpc) is 3.40. The first kappa shape index (κ1) is 13.5. The molecule has 2 aliphatic rings. The fraction of sp³-hybridized carbons (Fsp3) is 0.500. The number of halogens is 1. The Kier molecular flexibility index (Phi) is 3.61. The highest BCUT2D eigenvalue weighted by Gasteiger charge is 2.28. The zero-order chi connectivity index (χ0) is 14.2. The highest BCUT2D eigenvalue weighted by Crippen LogP contribution is 2.40. The van der Waals surface area contributed by atoms with Crippen LogP contribution in [-0.4, -0.2) is 26.2 Å². The summed E-state index contributed by atoms with van der Waals surface area (Å²) in [5, 5.41) is 17.2. The van der Waals surface area contributed by atoms with Gasteiger partial charge in [0, 0.05) is 17.5 Å². The maximum absolute atomic E-state index is 6.40. The van der Waals surface area contributed by atoms with Gasteiger partial charge in [0.1, 0.15) is 0 Å². The first-order chi connectivity index (χ1) is 10.3. The highest BCUT2D eigenvalue weighted by atomic mass is 35.5. The van der Waals surface area contributed by atoms with Gasteiger partial charge in [0.25, 0.3) is 0 Å². The molecular formula is C14H16ClN5S. The standard InChI is InChI=1S/C14H16ClN5S/c15-12-3-1-2-9(8-16-10-4-5-10)13(12)21-14-17-18-19-20(14)11-6-7-11/h1-3,10-11,16H,4-8H2. The van der Waals surface area contributed by atoms with Gasteiger partial charge in [-0.15, -0.1) is 5.10 Å². The van der Waals surface area contributed by atoms with E-state index in [0.29, 0.717) is 12.1 Å². The second-order valence-electron chi connectivity index (χ2n) is 5.62. The minimum Gasteiger partial charge on any atom is -0.310 e. The van der Waals surface area contributed by atoms with Crippen molar-refractivity contribution < 1.29 is 0 Å². The SMILES string of the molecule is Clc1cccc(CNC2CC2)c1Sc1nnnn1C1CC1. The van der Waals surface area contributed by atoms with Crippen molar-refractivity contribution in [1.82, 2.24) is 25.5 Å². The van der Waals surface area contributed by atoms with Gasteiger partial charge in [-0.1, -0.05) is 23.7 Å². The van der Waals surface area contributed by atoms with Crippen molar-refractivity contribution in [3.8, 4) is 0 Å². The summed E-state index contributed by atoms with van der Waals surface area (Å²) < 4.78 is 1.92. The Morgan fingerprint density at radius 2 is 2.14 bits per heavy atom. The summed E-state index contributed by atoms with van der Waals surface area (Å²) in [6.07, 6.45) is 4.89. The summed E-state index contributed by atoms with van der Waals surface area (Å²) >= 11 is 7.97. The summed E-state index contributed by atoms with van der Waals surface area (Å²) in [6.45, 7) is 0.846. The topological polar surface area (TPSA) is 55.6 Å². The first-order valence-electron chi connectivity index (χ1n) is 7.28. The molecule has 0 aliphatic heterocycles. The number of nitrogens with zero attached hydrogens (tertiary/aromatic N) is 4. The zero-order valence-corrected chi connectivity index (χ0v) is 13.1. The van der Waals surface area contributed by atoms with Crippen LogP contribution in [0.25, 0.3) is 0 Å². The molecule has 1 N–H and O–H groups in total. The molecule has 2 aromatic rings. The number of rotatable bonds is 6. The molecule has 1 aromatic heterocycles. The second-order valence-corrected chi connectivity index (χ2v) is 7.01. The Hall–Kier alpha value is -1.11. The first-order valence-corrected chi connectivity index (χ1v) is 8.47. The summed E-state index contributed by atoms with van der Waals surface area (Å²) in [5.41, 5.74) is 1.21. The average molecular weight is 322 g/mol. The molecular weight excluding hydrogens is 306 g/mol. The molecule has 5 nitrogen and oxygen atoms in total. The molecule has 1 aromatic carbocycles. The van der Waals surface area contributed by atoms with Crippen LogP contribution in [-0.2, 0) is 6.54 Å². The molecule has 0 spiro atoms. The van der Waals surface area contributed by atoms with Crippen molar-refractivity contribution in [2.75, 3.05) is 0 Å². The number of benzene rings is 1. The van der Waals surface area contributed by atoms with Crippen molar-refractivity contribution >= 4 is 23.4 Å². The molecule has 2 saturated carbocycles. The molecule has 2 fully saturated rings. The molecule has 0 unspecified atom stereocenters. The van der Waals surface area contributed by atoms with E-state index in [1.807, 2.05) is 16.8 Å². The molecule has 4 rings (SSSR count). The largest absolute Gasteiger partial charge is 0.310 e. The minimum atomic E-state index is 0.470. The number of tetrazole rings is 1. The van der Waals surface area contributed by atoms with Crippen molar-refractivity contribution in [3.05, 3.63) is 28.8 Å². The van der Waals surface area contributed by atoms with E-state index in [2.05, 4.69) is 26.9 Å². The van der Waals surface area contributed by atoms with Gasteiger partial charge in [-0.2, -0.15) is 0 Å². The van der Waals surface area contributed by atoms with Gasteiger partial charge < -0.3 is 5.32 Å². The number of nitrogens with one attached hydrogen (secondary N) is 1. The van der Waals surface area contributed by atoms with Gasteiger partial charge in [0.2, 0.25) is 5.16 Å². The molecule has 21 heavy (non-hydrogen) atoms. The predicted molar refractivity (Wildman–Crippen MR) is 81.5 cm³/mol. The van der Waals surface area contributed by atoms with Crippen LogP contribution in [0.2, 0.25) is 5.02 Å². The van der Waals surface area contributed by atoms with E-state index in [1.165, 1.54) is 18.4 Å². The minimum absolute atomic E-state index is 0.470. The van der Waals surface area contributed by atoms with Crippen LogP contribution in [0.3, 0.4) is 0 Å². The fourth-order valence-electron chi connectivity index (χ4n) is 2.24. The monoisotopic (exact) mass is 321 g/mol. The predicted octanol–water partition coefficient (Wildman–Crippen LogP) is 3.06. The lowest BCUT2D eigenvalue weighted by molar-refractivity contribution is 0.565. The third-order valence-electron chi connectivity index (χ3n) is 3.76. The molecule has 0 bridgehead atoms. The Bertz CT molecular complexity index is 651. The zero-order valence-electron chi connectivity index (χ0n) is 11.5. The number of aromatic nitrogens is 4. The smallest absolute Gasteiger partial charge is 0.214 e. The summed E-state index contributed by atoms with van der Waals surface area (Å²) in [7, 11) is 0. The quantitative estimate of drug-likeness (QED) is 0.886. The maximum Gasteiger partial charge on any atom is 0.214 e. The normalized spacial score (nSPS) is 18.1. The van der Waals surface area contributed by atoms with Crippen LogP contribution in [0.15, 0.2) is 28.3 Å². The molecule has 0 amide bonds. The third kappa shape index (κ3) is 3.07. The Labute approximate surface area is 132 Å². The van der Waals surface area contributed by atoms with Crippen molar-refractivity contribution in [1.29, 1.82) is 0 Å². The van der Waals surface area contributed by atoms with Crippen LogP contribution in [0.4, 0.5) is 0 Å². The van der Waals surface area contributed by atoms with Crippen LogP contribution < -0.4 is 5.32 Å². The van der Waals surface area contributed by atoms with E-state index >= 15 is 0 Å². The number of hydrogen-bond acceptors (Lipinski definition) is 5. The molecule has 110 valence electrons. The number of hydrogen-bond donors (Lipinski definition) is 1. The molecule has 0 radical (unpaired) electrons. The maximum atomic E-state index is 6.40. The fourth-order valence-corrected chi connectivity index (χ4v) is 3.53. The van der Waals surface area contributed by atoms with Crippen LogP contribution >= 0.6 is 23.4 Å². The van der Waals surface area contributed by atoms with Crippen LogP contribution in [0, 0.1) is 0 Å². The van der Waals surface area contributed by atoms with E-state index in [-0.39, 0.29) is 0 Å². The van der Waals surface area contributed by atoms with Crippen molar-refractivity contribution in [3.63, 3.8) is 0 Å². The lowest BCUT2D eigenvalue weighted by Gasteiger charge is -2.11. The lowest BCUT2D eigenvalue weighted by atomic mass is 10.2. The van der Waals surface area contributed by atoms with Gasteiger partial charge in [0.05, 0.1) is 11.1 Å². The van der Waals surface area contributed by atoms with E-state index in [9.17, 15) is 0 Å². The van der Waals surface area contributed by atoms with Gasteiger partial charge in [-0.3, -0.25) is 0 Å². The van der Waals surface area contributed by atoms with E-state index in [1.54, 1.807) is 11.8 Å². The van der Waals surface area contributed by atoms with Gasteiger partial charge in [-0.05, 0) is 59.5 Å². The van der Waals surface area contributed by atoms with E-state index < -0.39 is 0 Å². The highest BCUT2D eigenvalue weighted by molar-refractivity contribution is 7.99. The molecule has 1 heterocycles. The van der Waals surface area contributed by atoms with Gasteiger partial charge >= 0.3 is 0 Å². The summed E-state index contributed by atoms with van der Waals surface area (Å²) in [5.74, 6) is 0. The summed E-state index contributed by atoms with van der Waals surface area (Å²) in [6, 6.07) is 7.20.